The maximum Gasteiger partial charge on any atom is 0.270 e. The first-order valence-corrected chi connectivity index (χ1v) is 13.1. The van der Waals surface area contributed by atoms with E-state index in [0.717, 1.165) is 17.3 Å². The number of thiocarbonyl (C=S) groups is 1. The van der Waals surface area contributed by atoms with Crippen LogP contribution in [-0.4, -0.2) is 16.8 Å². The third-order valence-corrected chi connectivity index (χ3v) is 7.35. The summed E-state index contributed by atoms with van der Waals surface area (Å²) in [5.74, 6) is 0.236. The second kappa shape index (κ2) is 11.3. The second-order valence-corrected chi connectivity index (χ2v) is 10.7. The minimum absolute atomic E-state index is 0.209. The first-order chi connectivity index (χ1) is 16.8. The van der Waals surface area contributed by atoms with Crippen molar-refractivity contribution >= 4 is 85.1 Å². The third-order valence-electron chi connectivity index (χ3n) is 4.88. The number of anilines is 1. The van der Waals surface area contributed by atoms with Gasteiger partial charge in [-0.3, -0.25) is 9.69 Å². The van der Waals surface area contributed by atoms with Crippen molar-refractivity contribution in [1.29, 1.82) is 0 Å². The molecule has 0 spiro atoms. The first-order valence-electron chi connectivity index (χ1n) is 10.3. The molecule has 35 heavy (non-hydrogen) atoms. The summed E-state index contributed by atoms with van der Waals surface area (Å²) in [6.07, 6.45) is 1.71. The molecule has 3 aromatic carbocycles. The zero-order chi connectivity index (χ0) is 25.1. The lowest BCUT2D eigenvalue weighted by atomic mass is 10.1. The molecule has 0 aliphatic carbocycles. The topological polar surface area (TPSA) is 38.8 Å². The van der Waals surface area contributed by atoms with E-state index >= 15 is 0 Å². The number of ether oxygens (including phenoxy) is 2. The highest BCUT2D eigenvalue weighted by Gasteiger charge is 2.33. The molecular formula is C25H17BrCl2FNO3S2. The Morgan fingerprint density at radius 1 is 1.14 bits per heavy atom. The normalized spacial score (nSPS) is 14.7. The Morgan fingerprint density at radius 2 is 1.94 bits per heavy atom. The molecule has 4 rings (SSSR count). The van der Waals surface area contributed by atoms with Gasteiger partial charge in [0.15, 0.2) is 15.8 Å². The molecule has 0 aromatic heterocycles. The Morgan fingerprint density at radius 3 is 2.66 bits per heavy atom. The van der Waals surface area contributed by atoms with Crippen molar-refractivity contribution in [3.8, 4) is 11.5 Å². The fourth-order valence-corrected chi connectivity index (χ4v) is 5.66. The van der Waals surface area contributed by atoms with Crippen LogP contribution < -0.4 is 14.4 Å². The van der Waals surface area contributed by atoms with Crippen LogP contribution >= 0.6 is 63.1 Å². The molecule has 180 valence electrons. The summed E-state index contributed by atoms with van der Waals surface area (Å²) in [4.78, 5) is 14.8. The molecule has 1 aliphatic heterocycles. The average Bonchev–Trinajstić information content (AvgIpc) is 3.07. The van der Waals surface area contributed by atoms with E-state index in [1.165, 1.54) is 23.1 Å². The van der Waals surface area contributed by atoms with Crippen molar-refractivity contribution in [3.63, 3.8) is 0 Å². The summed E-state index contributed by atoms with van der Waals surface area (Å²) in [5, 5.41) is 1.05. The predicted octanol–water partition coefficient (Wildman–Crippen LogP) is 8.28. The lowest BCUT2D eigenvalue weighted by Gasteiger charge is -2.15. The number of hydrogen-bond donors (Lipinski definition) is 0. The van der Waals surface area contributed by atoms with Gasteiger partial charge in [0.1, 0.15) is 12.4 Å². The lowest BCUT2D eigenvalue weighted by Crippen LogP contribution is -2.27. The Hall–Kier alpha value is -2.10. The standard InChI is InChI=1S/C25H17BrCl2FNO3S2/c1-2-32-21-9-14(8-19(26)23(21)33-13-15-6-7-16(27)11-20(15)28)10-22-24(31)30(25(34)35-22)18-5-3-4-17(29)12-18/h3-12H,2,13H2,1H3/b22-10+. The number of halogens is 4. The zero-order valence-electron chi connectivity index (χ0n) is 18.2. The quantitative estimate of drug-likeness (QED) is 0.198. The van der Waals surface area contributed by atoms with Crippen LogP contribution in [0.1, 0.15) is 18.1 Å². The molecule has 0 radical (unpaired) electrons. The highest BCUT2D eigenvalue weighted by molar-refractivity contribution is 9.10. The average molecular weight is 613 g/mol. The zero-order valence-corrected chi connectivity index (χ0v) is 22.9. The van der Waals surface area contributed by atoms with Crippen LogP contribution in [0.25, 0.3) is 6.08 Å². The molecule has 1 fully saturated rings. The van der Waals surface area contributed by atoms with E-state index in [1.54, 1.807) is 36.4 Å². The van der Waals surface area contributed by atoms with Gasteiger partial charge in [-0.2, -0.15) is 0 Å². The number of benzene rings is 3. The second-order valence-electron chi connectivity index (χ2n) is 7.28. The molecule has 4 nitrogen and oxygen atoms in total. The van der Waals surface area contributed by atoms with E-state index < -0.39 is 5.82 Å². The molecule has 0 saturated carbocycles. The summed E-state index contributed by atoms with van der Waals surface area (Å²) >= 11 is 22.3. The molecule has 1 saturated heterocycles. The highest BCUT2D eigenvalue weighted by Crippen LogP contribution is 2.41. The van der Waals surface area contributed by atoms with Crippen LogP contribution in [0.2, 0.25) is 10.0 Å². The Balaban J connectivity index is 1.61. The van der Waals surface area contributed by atoms with Crippen LogP contribution in [0, 0.1) is 5.82 Å². The van der Waals surface area contributed by atoms with Gasteiger partial charge in [-0.05, 0) is 77.0 Å². The van der Waals surface area contributed by atoms with E-state index in [2.05, 4.69) is 15.9 Å². The van der Waals surface area contributed by atoms with Gasteiger partial charge < -0.3 is 9.47 Å². The third kappa shape index (κ3) is 6.01. The van der Waals surface area contributed by atoms with Gasteiger partial charge in [0.05, 0.1) is 21.7 Å². The van der Waals surface area contributed by atoms with Crippen molar-refractivity contribution in [2.75, 3.05) is 11.5 Å². The number of carbonyl (C=O) groups excluding carboxylic acids is 1. The number of rotatable bonds is 7. The molecule has 0 N–H and O–H groups in total. The van der Waals surface area contributed by atoms with Crippen LogP contribution in [0.5, 0.6) is 11.5 Å². The van der Waals surface area contributed by atoms with Crippen molar-refractivity contribution in [3.05, 3.63) is 91.0 Å². The smallest absolute Gasteiger partial charge is 0.270 e. The maximum atomic E-state index is 13.7. The van der Waals surface area contributed by atoms with E-state index in [0.29, 0.717) is 53.1 Å². The van der Waals surface area contributed by atoms with Gasteiger partial charge in [-0.25, -0.2) is 4.39 Å². The molecule has 1 amide bonds. The van der Waals surface area contributed by atoms with Crippen LogP contribution in [0.4, 0.5) is 10.1 Å². The van der Waals surface area contributed by atoms with E-state index in [9.17, 15) is 9.18 Å². The van der Waals surface area contributed by atoms with Crippen LogP contribution in [-0.2, 0) is 11.4 Å². The number of carbonyl (C=O) groups is 1. The first kappa shape index (κ1) is 26.0. The number of amides is 1. The fraction of sp³-hybridized carbons (Fsp3) is 0.120. The Labute approximate surface area is 230 Å². The van der Waals surface area contributed by atoms with Crippen LogP contribution in [0.15, 0.2) is 64.0 Å². The maximum absolute atomic E-state index is 13.7. The minimum Gasteiger partial charge on any atom is -0.490 e. The van der Waals surface area contributed by atoms with Gasteiger partial charge in [0.25, 0.3) is 5.91 Å². The lowest BCUT2D eigenvalue weighted by molar-refractivity contribution is -0.113. The monoisotopic (exact) mass is 611 g/mol. The van der Waals surface area contributed by atoms with Gasteiger partial charge in [0.2, 0.25) is 0 Å². The molecular weight excluding hydrogens is 596 g/mol. The largest absolute Gasteiger partial charge is 0.490 e. The summed E-state index contributed by atoms with van der Waals surface area (Å²) in [5.41, 5.74) is 1.86. The molecule has 10 heteroatoms. The highest BCUT2D eigenvalue weighted by atomic mass is 79.9. The molecule has 3 aromatic rings. The van der Waals surface area contributed by atoms with E-state index in [1.807, 2.05) is 13.0 Å². The number of hydrogen-bond acceptors (Lipinski definition) is 5. The van der Waals surface area contributed by atoms with Crippen molar-refractivity contribution < 1.29 is 18.7 Å². The minimum atomic E-state index is -0.443. The van der Waals surface area contributed by atoms with Gasteiger partial charge >= 0.3 is 0 Å². The SMILES string of the molecule is CCOc1cc(/C=C2/SC(=S)N(c3cccc(F)c3)C2=O)cc(Br)c1OCc1ccc(Cl)cc1Cl. The summed E-state index contributed by atoms with van der Waals surface area (Å²) in [6.45, 7) is 2.49. The van der Waals surface area contributed by atoms with Crippen molar-refractivity contribution in [2.24, 2.45) is 0 Å². The van der Waals surface area contributed by atoms with Crippen molar-refractivity contribution in [1.82, 2.24) is 0 Å². The van der Waals surface area contributed by atoms with Crippen LogP contribution in [0.3, 0.4) is 0 Å². The van der Waals surface area contributed by atoms with Gasteiger partial charge in [0, 0.05) is 15.6 Å². The molecule has 0 bridgehead atoms. The summed E-state index contributed by atoms with van der Waals surface area (Å²) in [6, 6.07) is 14.6. The fourth-order valence-electron chi connectivity index (χ4n) is 3.32. The van der Waals surface area contributed by atoms with Gasteiger partial charge in [-0.15, -0.1) is 0 Å². The number of nitrogens with zero attached hydrogens (tertiary/aromatic N) is 1. The van der Waals surface area contributed by atoms with E-state index in [-0.39, 0.29) is 12.5 Å². The summed E-state index contributed by atoms with van der Waals surface area (Å²) in [7, 11) is 0. The van der Waals surface area contributed by atoms with E-state index in [4.69, 9.17) is 44.9 Å². The molecule has 0 atom stereocenters. The predicted molar refractivity (Wildman–Crippen MR) is 148 cm³/mol. The molecule has 0 unspecified atom stereocenters. The summed E-state index contributed by atoms with van der Waals surface area (Å²) < 4.78 is 26.5. The Kier molecular flexibility index (Phi) is 8.39. The van der Waals surface area contributed by atoms with Crippen molar-refractivity contribution in [2.45, 2.75) is 13.5 Å². The number of thioether (sulfide) groups is 1. The van der Waals surface area contributed by atoms with Gasteiger partial charge in [-0.1, -0.05) is 59.3 Å². The molecule has 1 heterocycles. The molecule has 1 aliphatic rings. The Bertz CT molecular complexity index is 1350.